The van der Waals surface area contributed by atoms with Gasteiger partial charge < -0.3 is 19.1 Å². The van der Waals surface area contributed by atoms with Crippen LogP contribution in [0.25, 0.3) is 0 Å². The normalized spacial score (nSPS) is 17.4. The van der Waals surface area contributed by atoms with Gasteiger partial charge >= 0.3 is 0 Å². The Balaban J connectivity index is 1.51. The third-order valence-electron chi connectivity index (χ3n) is 6.89. The SMILES string of the molecule is CC(C)Cc1cc(C(=O)N2CCC[C@](COc3cccc(Cl)c3)(CC(=O)N(C)Cc3ccccc3)C2)on1. The van der Waals surface area contributed by atoms with Crippen LogP contribution in [0.2, 0.25) is 5.02 Å². The van der Waals surface area contributed by atoms with Crippen LogP contribution < -0.4 is 4.74 Å². The topological polar surface area (TPSA) is 75.9 Å². The lowest BCUT2D eigenvalue weighted by Crippen LogP contribution is -2.50. The van der Waals surface area contributed by atoms with E-state index in [0.29, 0.717) is 36.3 Å². The predicted molar refractivity (Wildman–Crippen MR) is 147 cm³/mol. The highest BCUT2D eigenvalue weighted by Gasteiger charge is 2.41. The second kappa shape index (κ2) is 12.5. The van der Waals surface area contributed by atoms with Gasteiger partial charge in [-0.2, -0.15) is 0 Å². The number of ether oxygens (including phenoxy) is 1. The Morgan fingerprint density at radius 3 is 2.68 bits per heavy atom. The molecule has 0 bridgehead atoms. The molecule has 0 saturated carbocycles. The number of hydrogen-bond donors (Lipinski definition) is 0. The molecule has 1 aromatic heterocycles. The molecule has 2 amide bonds. The number of halogens is 1. The maximum absolute atomic E-state index is 13.5. The molecule has 2 aromatic carbocycles. The van der Waals surface area contributed by atoms with Crippen molar-refractivity contribution >= 4 is 23.4 Å². The minimum absolute atomic E-state index is 0.0109. The molecule has 8 heteroatoms. The lowest BCUT2D eigenvalue weighted by Gasteiger charge is -2.42. The summed E-state index contributed by atoms with van der Waals surface area (Å²) in [5.41, 5.74) is 1.28. The lowest BCUT2D eigenvalue weighted by molar-refractivity contribution is -0.134. The number of amides is 2. The first-order chi connectivity index (χ1) is 18.2. The van der Waals surface area contributed by atoms with Gasteiger partial charge in [0.1, 0.15) is 5.75 Å². The van der Waals surface area contributed by atoms with Gasteiger partial charge in [-0.1, -0.05) is 67.0 Å². The average Bonchev–Trinajstić information content (AvgIpc) is 3.35. The molecule has 38 heavy (non-hydrogen) atoms. The van der Waals surface area contributed by atoms with E-state index in [1.807, 2.05) is 49.5 Å². The highest BCUT2D eigenvalue weighted by molar-refractivity contribution is 6.30. The highest BCUT2D eigenvalue weighted by Crippen LogP contribution is 2.36. The molecular weight excluding hydrogens is 502 g/mol. The summed E-state index contributed by atoms with van der Waals surface area (Å²) in [5, 5.41) is 4.67. The van der Waals surface area contributed by atoms with Crippen molar-refractivity contribution in [2.45, 2.75) is 46.1 Å². The smallest absolute Gasteiger partial charge is 0.292 e. The maximum Gasteiger partial charge on any atom is 0.292 e. The summed E-state index contributed by atoms with van der Waals surface area (Å²) in [5.74, 6) is 1.09. The van der Waals surface area contributed by atoms with Gasteiger partial charge in [-0.3, -0.25) is 9.59 Å². The second-order valence-electron chi connectivity index (χ2n) is 10.8. The van der Waals surface area contributed by atoms with Gasteiger partial charge in [0, 0.05) is 49.6 Å². The van der Waals surface area contributed by atoms with Crippen LogP contribution in [0.4, 0.5) is 0 Å². The molecule has 2 heterocycles. The van der Waals surface area contributed by atoms with E-state index in [9.17, 15) is 9.59 Å². The fourth-order valence-electron chi connectivity index (χ4n) is 4.97. The van der Waals surface area contributed by atoms with E-state index in [1.165, 1.54) is 0 Å². The van der Waals surface area contributed by atoms with Gasteiger partial charge in [0.2, 0.25) is 11.7 Å². The van der Waals surface area contributed by atoms with Crippen LogP contribution in [0.1, 0.15) is 54.9 Å². The molecule has 3 aromatic rings. The molecular formula is C30H36ClN3O4. The molecule has 1 saturated heterocycles. The molecule has 0 radical (unpaired) electrons. The number of carbonyl (C=O) groups is 2. The van der Waals surface area contributed by atoms with Crippen molar-refractivity contribution < 1.29 is 18.8 Å². The van der Waals surface area contributed by atoms with E-state index in [0.717, 1.165) is 30.5 Å². The Bertz CT molecular complexity index is 1230. The fourth-order valence-corrected chi connectivity index (χ4v) is 5.15. The summed E-state index contributed by atoms with van der Waals surface area (Å²) in [6.07, 6.45) is 2.52. The number of aromatic nitrogens is 1. The third-order valence-corrected chi connectivity index (χ3v) is 7.13. The van der Waals surface area contributed by atoms with Crippen molar-refractivity contribution in [2.24, 2.45) is 11.3 Å². The molecule has 1 aliphatic rings. The van der Waals surface area contributed by atoms with Gasteiger partial charge in [0.05, 0.1) is 12.3 Å². The number of rotatable bonds is 10. The molecule has 0 aliphatic carbocycles. The van der Waals surface area contributed by atoms with E-state index < -0.39 is 5.41 Å². The van der Waals surface area contributed by atoms with Crippen molar-refractivity contribution in [1.82, 2.24) is 15.0 Å². The molecule has 4 rings (SSSR count). The number of hydrogen-bond acceptors (Lipinski definition) is 5. The van der Waals surface area contributed by atoms with Gasteiger partial charge in [0.25, 0.3) is 5.91 Å². The molecule has 7 nitrogen and oxygen atoms in total. The van der Waals surface area contributed by atoms with E-state index in [2.05, 4.69) is 19.0 Å². The van der Waals surface area contributed by atoms with Gasteiger partial charge in [-0.05, 0) is 48.9 Å². The highest BCUT2D eigenvalue weighted by atomic mass is 35.5. The van der Waals surface area contributed by atoms with Crippen LogP contribution in [-0.4, -0.2) is 53.5 Å². The van der Waals surface area contributed by atoms with E-state index in [1.54, 1.807) is 28.0 Å². The van der Waals surface area contributed by atoms with Crippen LogP contribution in [-0.2, 0) is 17.8 Å². The molecule has 1 atom stereocenters. The minimum Gasteiger partial charge on any atom is -0.493 e. The molecule has 202 valence electrons. The second-order valence-corrected chi connectivity index (χ2v) is 11.2. The lowest BCUT2D eigenvalue weighted by atomic mass is 9.77. The quantitative estimate of drug-likeness (QED) is 0.323. The fraction of sp³-hybridized carbons (Fsp3) is 0.433. The van der Waals surface area contributed by atoms with Gasteiger partial charge in [0.15, 0.2) is 0 Å². The molecule has 0 N–H and O–H groups in total. The number of nitrogens with zero attached hydrogens (tertiary/aromatic N) is 3. The Morgan fingerprint density at radius 1 is 1.16 bits per heavy atom. The summed E-state index contributed by atoms with van der Waals surface area (Å²) in [4.78, 5) is 30.4. The first-order valence-electron chi connectivity index (χ1n) is 13.1. The first kappa shape index (κ1) is 27.7. The van der Waals surface area contributed by atoms with Crippen molar-refractivity contribution in [3.63, 3.8) is 0 Å². The van der Waals surface area contributed by atoms with Crippen LogP contribution in [0, 0.1) is 11.3 Å². The summed E-state index contributed by atoms with van der Waals surface area (Å²) in [7, 11) is 1.82. The summed E-state index contributed by atoms with van der Waals surface area (Å²) >= 11 is 6.16. The van der Waals surface area contributed by atoms with E-state index >= 15 is 0 Å². The zero-order chi connectivity index (χ0) is 27.1. The number of likely N-dealkylation sites (tertiary alicyclic amines) is 1. The summed E-state index contributed by atoms with van der Waals surface area (Å²) in [6.45, 7) is 5.98. The van der Waals surface area contributed by atoms with Crippen LogP contribution in [0.5, 0.6) is 5.75 Å². The Kier molecular flexibility index (Phi) is 9.10. The number of benzene rings is 2. The zero-order valence-electron chi connectivity index (χ0n) is 22.4. The van der Waals surface area contributed by atoms with E-state index in [-0.39, 0.29) is 30.6 Å². The molecule has 1 aliphatic heterocycles. The van der Waals surface area contributed by atoms with Gasteiger partial charge in [-0.25, -0.2) is 0 Å². The van der Waals surface area contributed by atoms with Crippen LogP contribution in [0.15, 0.2) is 65.2 Å². The maximum atomic E-state index is 13.5. The Labute approximate surface area is 229 Å². The molecule has 0 unspecified atom stereocenters. The summed E-state index contributed by atoms with van der Waals surface area (Å²) in [6, 6.07) is 18.9. The van der Waals surface area contributed by atoms with Crippen molar-refractivity contribution in [3.05, 3.63) is 82.7 Å². The van der Waals surface area contributed by atoms with E-state index in [4.69, 9.17) is 20.9 Å². The zero-order valence-corrected chi connectivity index (χ0v) is 23.1. The van der Waals surface area contributed by atoms with Crippen molar-refractivity contribution in [3.8, 4) is 5.75 Å². The van der Waals surface area contributed by atoms with Gasteiger partial charge in [-0.15, -0.1) is 0 Å². The minimum atomic E-state index is -0.557. The monoisotopic (exact) mass is 537 g/mol. The molecule has 0 spiro atoms. The van der Waals surface area contributed by atoms with Crippen LogP contribution >= 0.6 is 11.6 Å². The summed E-state index contributed by atoms with van der Waals surface area (Å²) < 4.78 is 11.6. The largest absolute Gasteiger partial charge is 0.493 e. The van der Waals surface area contributed by atoms with Crippen LogP contribution in [0.3, 0.4) is 0 Å². The Hall–Kier alpha value is -3.32. The predicted octanol–water partition coefficient (Wildman–Crippen LogP) is 5.88. The number of piperidine rings is 1. The van der Waals surface area contributed by atoms with Crippen molar-refractivity contribution in [1.29, 1.82) is 0 Å². The standard InChI is InChI=1S/C30H36ClN3O4/c1-22(2)15-25-17-27(38-32-25)29(36)34-14-8-13-30(20-34,21-37-26-12-7-11-24(31)16-26)18-28(35)33(3)19-23-9-5-4-6-10-23/h4-7,9-12,16-17,22H,8,13-15,18-21H2,1-3H3/t30-/m0/s1. The average molecular weight is 538 g/mol. The Morgan fingerprint density at radius 2 is 1.95 bits per heavy atom. The first-order valence-corrected chi connectivity index (χ1v) is 13.5. The van der Waals surface area contributed by atoms with Crippen molar-refractivity contribution in [2.75, 3.05) is 26.7 Å². The number of carbonyl (C=O) groups excluding carboxylic acids is 2. The molecule has 1 fully saturated rings. The third kappa shape index (κ3) is 7.38.